The van der Waals surface area contributed by atoms with Gasteiger partial charge in [0.1, 0.15) is 5.01 Å². The second-order valence-corrected chi connectivity index (χ2v) is 4.48. The van der Waals surface area contributed by atoms with E-state index in [4.69, 9.17) is 11.6 Å². The molecule has 0 fully saturated rings. The summed E-state index contributed by atoms with van der Waals surface area (Å²) in [6.07, 6.45) is 0.580. The molecule has 0 N–H and O–H groups in total. The van der Waals surface area contributed by atoms with Gasteiger partial charge in [-0.15, -0.1) is 21.8 Å². The van der Waals surface area contributed by atoms with E-state index in [1.165, 1.54) is 23.5 Å². The molecule has 1 aromatic heterocycles. The Hall–Kier alpha value is -1.07. The Morgan fingerprint density at radius 3 is 2.81 bits per heavy atom. The van der Waals surface area contributed by atoms with Gasteiger partial charge in [0.25, 0.3) is 0 Å². The number of benzene rings is 1. The van der Waals surface area contributed by atoms with Gasteiger partial charge in [0.2, 0.25) is 0 Å². The fourth-order valence-corrected chi connectivity index (χ4v) is 2.36. The Labute approximate surface area is 99.9 Å². The van der Waals surface area contributed by atoms with Crippen molar-refractivity contribution in [2.45, 2.75) is 6.42 Å². The first kappa shape index (κ1) is 11.4. The molecule has 1 heterocycles. The maximum atomic E-state index is 13.4. The van der Waals surface area contributed by atoms with E-state index in [2.05, 4.69) is 10.2 Å². The first-order valence-electron chi connectivity index (χ1n) is 4.55. The molecule has 0 unspecified atom stereocenters. The van der Waals surface area contributed by atoms with E-state index in [1.807, 2.05) is 0 Å². The van der Waals surface area contributed by atoms with Crippen LogP contribution in [0.1, 0.15) is 5.01 Å². The lowest BCUT2D eigenvalue weighted by Gasteiger charge is -1.97. The topological polar surface area (TPSA) is 25.8 Å². The highest BCUT2D eigenvalue weighted by molar-refractivity contribution is 7.14. The highest BCUT2D eigenvalue weighted by Gasteiger charge is 2.13. The summed E-state index contributed by atoms with van der Waals surface area (Å²) < 4.78 is 26.4. The zero-order chi connectivity index (χ0) is 11.5. The average molecular weight is 261 g/mol. The summed E-state index contributed by atoms with van der Waals surface area (Å²) in [6, 6.07) is 3.99. The van der Waals surface area contributed by atoms with Crippen LogP contribution in [0.25, 0.3) is 10.6 Å². The van der Waals surface area contributed by atoms with E-state index in [0.29, 0.717) is 22.3 Å². The largest absolute Gasteiger partial charge is 0.204 e. The number of aryl methyl sites for hydroxylation is 1. The Bertz CT molecular complexity index is 501. The minimum Gasteiger partial charge on any atom is -0.204 e. The summed E-state index contributed by atoms with van der Waals surface area (Å²) in [5, 5.41) is 8.75. The molecule has 0 aliphatic carbocycles. The molecule has 0 saturated heterocycles. The van der Waals surface area contributed by atoms with Crippen molar-refractivity contribution in [1.82, 2.24) is 10.2 Å². The fraction of sp³-hybridized carbons (Fsp3) is 0.200. The lowest BCUT2D eigenvalue weighted by atomic mass is 10.2. The second kappa shape index (κ2) is 4.84. The van der Waals surface area contributed by atoms with Gasteiger partial charge in [-0.2, -0.15) is 0 Å². The van der Waals surface area contributed by atoms with E-state index >= 15 is 0 Å². The number of halogens is 3. The molecule has 2 rings (SSSR count). The quantitative estimate of drug-likeness (QED) is 0.792. The Balaban J connectivity index is 2.39. The lowest BCUT2D eigenvalue weighted by molar-refractivity contribution is 0.511. The number of aromatic nitrogens is 2. The van der Waals surface area contributed by atoms with Gasteiger partial charge in [-0.25, -0.2) is 8.78 Å². The predicted octanol–water partition coefficient (Wildman–Crippen LogP) is 3.26. The molecular formula is C10H7ClF2N2S. The SMILES string of the molecule is Fc1cccc(-c2nnc(CCCl)s2)c1F. The van der Waals surface area contributed by atoms with E-state index in [-0.39, 0.29) is 5.56 Å². The molecule has 16 heavy (non-hydrogen) atoms. The van der Waals surface area contributed by atoms with Crippen LogP contribution in [-0.4, -0.2) is 16.1 Å². The zero-order valence-electron chi connectivity index (χ0n) is 8.08. The fourth-order valence-electron chi connectivity index (χ4n) is 1.21. The maximum absolute atomic E-state index is 13.4. The molecule has 0 aliphatic heterocycles. The molecule has 84 valence electrons. The summed E-state index contributed by atoms with van der Waals surface area (Å²) in [4.78, 5) is 0. The van der Waals surface area contributed by atoms with Crippen LogP contribution >= 0.6 is 22.9 Å². The van der Waals surface area contributed by atoms with Gasteiger partial charge in [0, 0.05) is 12.3 Å². The average Bonchev–Trinajstić information content (AvgIpc) is 2.71. The minimum atomic E-state index is -0.893. The van der Waals surface area contributed by atoms with Crippen LogP contribution in [0.3, 0.4) is 0 Å². The number of nitrogens with zero attached hydrogens (tertiary/aromatic N) is 2. The molecule has 1 aromatic carbocycles. The van der Waals surface area contributed by atoms with E-state index < -0.39 is 11.6 Å². The molecule has 0 bridgehead atoms. The number of hydrogen-bond acceptors (Lipinski definition) is 3. The number of rotatable bonds is 3. The van der Waals surface area contributed by atoms with Crippen molar-refractivity contribution in [3.8, 4) is 10.6 Å². The Morgan fingerprint density at radius 2 is 2.06 bits per heavy atom. The van der Waals surface area contributed by atoms with Crippen molar-refractivity contribution < 1.29 is 8.78 Å². The monoisotopic (exact) mass is 260 g/mol. The van der Waals surface area contributed by atoms with Crippen LogP contribution in [0.2, 0.25) is 0 Å². The molecule has 6 heteroatoms. The molecule has 2 nitrogen and oxygen atoms in total. The summed E-state index contributed by atoms with van der Waals surface area (Å²) in [7, 11) is 0. The normalized spacial score (nSPS) is 10.7. The van der Waals surface area contributed by atoms with Crippen molar-refractivity contribution in [1.29, 1.82) is 0 Å². The van der Waals surface area contributed by atoms with Crippen molar-refractivity contribution in [3.05, 3.63) is 34.8 Å². The molecule has 0 spiro atoms. The summed E-state index contributed by atoms with van der Waals surface area (Å²) in [6.45, 7) is 0. The van der Waals surface area contributed by atoms with Gasteiger partial charge in [0.15, 0.2) is 16.6 Å². The lowest BCUT2D eigenvalue weighted by Crippen LogP contribution is -1.88. The van der Waals surface area contributed by atoms with E-state index in [1.54, 1.807) is 0 Å². The molecule has 2 aromatic rings. The molecule has 0 saturated carbocycles. The predicted molar refractivity (Wildman–Crippen MR) is 59.7 cm³/mol. The second-order valence-electron chi connectivity index (χ2n) is 3.04. The van der Waals surface area contributed by atoms with Gasteiger partial charge < -0.3 is 0 Å². The molecule has 0 amide bonds. The highest BCUT2D eigenvalue weighted by atomic mass is 35.5. The Kier molecular flexibility index (Phi) is 3.46. The molecular weight excluding hydrogens is 254 g/mol. The van der Waals surface area contributed by atoms with E-state index in [0.717, 1.165) is 6.07 Å². The molecule has 0 radical (unpaired) electrons. The van der Waals surface area contributed by atoms with Crippen LogP contribution < -0.4 is 0 Å². The third kappa shape index (κ3) is 2.20. The third-order valence-corrected chi connectivity index (χ3v) is 3.16. The van der Waals surface area contributed by atoms with Gasteiger partial charge in [-0.3, -0.25) is 0 Å². The summed E-state index contributed by atoms with van der Waals surface area (Å²) in [5.74, 6) is -1.34. The zero-order valence-corrected chi connectivity index (χ0v) is 9.66. The molecule has 0 aliphatic rings. The van der Waals surface area contributed by atoms with E-state index in [9.17, 15) is 8.78 Å². The first-order valence-corrected chi connectivity index (χ1v) is 5.90. The summed E-state index contributed by atoms with van der Waals surface area (Å²) in [5.41, 5.74) is 0.137. The number of alkyl halides is 1. The number of hydrogen-bond donors (Lipinski definition) is 0. The Morgan fingerprint density at radius 1 is 1.25 bits per heavy atom. The van der Waals surface area contributed by atoms with Crippen molar-refractivity contribution in [2.24, 2.45) is 0 Å². The van der Waals surface area contributed by atoms with Crippen molar-refractivity contribution in [3.63, 3.8) is 0 Å². The van der Waals surface area contributed by atoms with Crippen LogP contribution in [0.15, 0.2) is 18.2 Å². The molecule has 0 atom stereocenters. The maximum Gasteiger partial charge on any atom is 0.169 e. The highest BCUT2D eigenvalue weighted by Crippen LogP contribution is 2.27. The van der Waals surface area contributed by atoms with Crippen LogP contribution in [-0.2, 0) is 6.42 Å². The van der Waals surface area contributed by atoms with Crippen molar-refractivity contribution in [2.75, 3.05) is 5.88 Å². The first-order chi connectivity index (χ1) is 7.72. The van der Waals surface area contributed by atoms with Gasteiger partial charge in [-0.1, -0.05) is 17.4 Å². The van der Waals surface area contributed by atoms with Crippen LogP contribution in [0, 0.1) is 11.6 Å². The smallest absolute Gasteiger partial charge is 0.169 e. The summed E-state index contributed by atoms with van der Waals surface area (Å²) >= 11 is 6.77. The minimum absolute atomic E-state index is 0.137. The van der Waals surface area contributed by atoms with Crippen LogP contribution in [0.4, 0.5) is 8.78 Å². The third-order valence-electron chi connectivity index (χ3n) is 1.96. The van der Waals surface area contributed by atoms with Gasteiger partial charge in [0.05, 0.1) is 5.56 Å². The van der Waals surface area contributed by atoms with Gasteiger partial charge in [-0.05, 0) is 12.1 Å². The standard InChI is InChI=1S/C10H7ClF2N2S/c11-5-4-8-14-15-10(16-8)6-2-1-3-7(12)9(6)13/h1-3H,4-5H2. The van der Waals surface area contributed by atoms with Crippen LogP contribution in [0.5, 0.6) is 0 Å². The van der Waals surface area contributed by atoms with Crippen molar-refractivity contribution >= 4 is 22.9 Å². The van der Waals surface area contributed by atoms with Gasteiger partial charge >= 0.3 is 0 Å².